The highest BCUT2D eigenvalue weighted by Gasteiger charge is 2.27. The van der Waals surface area contributed by atoms with E-state index in [-0.39, 0.29) is 23.8 Å². The third-order valence-electron chi connectivity index (χ3n) is 2.15. The molecule has 0 bridgehead atoms. The first-order valence-corrected chi connectivity index (χ1v) is 4.22. The van der Waals surface area contributed by atoms with Crippen LogP contribution in [0.3, 0.4) is 0 Å². The van der Waals surface area contributed by atoms with Gasteiger partial charge in [0.05, 0.1) is 11.0 Å². The van der Waals surface area contributed by atoms with Crippen LogP contribution in [0, 0.1) is 29.1 Å². The molecule has 1 atom stereocenters. The molecule has 0 aliphatic heterocycles. The second-order valence-electron chi connectivity index (χ2n) is 3.09. The van der Waals surface area contributed by atoms with Gasteiger partial charge in [-0.25, -0.2) is 0 Å². The molecule has 0 aromatic rings. The van der Waals surface area contributed by atoms with Crippen molar-refractivity contribution in [3.05, 3.63) is 23.8 Å². The summed E-state index contributed by atoms with van der Waals surface area (Å²) in [4.78, 5) is 11.2. The van der Waals surface area contributed by atoms with Crippen molar-refractivity contribution < 1.29 is 4.79 Å². The van der Waals surface area contributed by atoms with E-state index in [4.69, 9.17) is 17.4 Å². The summed E-state index contributed by atoms with van der Waals surface area (Å²) >= 11 is 0. The number of halogens is 1. The van der Waals surface area contributed by atoms with E-state index in [0.717, 1.165) is 0 Å². The Morgan fingerprint density at radius 2 is 2.27 bits per heavy atom. The van der Waals surface area contributed by atoms with Crippen LogP contribution in [0.2, 0.25) is 0 Å². The van der Waals surface area contributed by atoms with Gasteiger partial charge in [-0.1, -0.05) is 12.0 Å². The van der Waals surface area contributed by atoms with Crippen LogP contribution in [0.1, 0.15) is 6.42 Å². The first kappa shape index (κ1) is 13.4. The van der Waals surface area contributed by atoms with Crippen LogP contribution in [0.15, 0.2) is 23.8 Å². The highest BCUT2D eigenvalue weighted by atomic mass is 35.5. The number of nitriles is 1. The summed E-state index contributed by atoms with van der Waals surface area (Å²) in [6.45, 7) is 0.415. The van der Waals surface area contributed by atoms with Gasteiger partial charge in [-0.05, 0) is 25.1 Å². The minimum atomic E-state index is -0.659. The molecule has 2 N–H and O–H groups in total. The molecule has 3 nitrogen and oxygen atoms in total. The van der Waals surface area contributed by atoms with Crippen molar-refractivity contribution in [2.45, 2.75) is 6.42 Å². The summed E-state index contributed by atoms with van der Waals surface area (Å²) < 4.78 is 0. The van der Waals surface area contributed by atoms with Crippen LogP contribution < -0.4 is 5.73 Å². The van der Waals surface area contributed by atoms with Gasteiger partial charge in [-0.2, -0.15) is 5.26 Å². The lowest BCUT2D eigenvalue weighted by atomic mass is 9.79. The van der Waals surface area contributed by atoms with Crippen LogP contribution in [0.4, 0.5) is 0 Å². The zero-order valence-corrected chi connectivity index (χ0v) is 8.88. The van der Waals surface area contributed by atoms with Crippen LogP contribution in [0.25, 0.3) is 0 Å². The fourth-order valence-electron chi connectivity index (χ4n) is 1.33. The number of carbonyl (C=O) groups is 1. The Labute approximate surface area is 95.0 Å². The third-order valence-corrected chi connectivity index (χ3v) is 2.15. The molecule has 1 unspecified atom stereocenters. The lowest BCUT2D eigenvalue weighted by molar-refractivity contribution is -0.111. The first-order chi connectivity index (χ1) is 6.67. The quantitative estimate of drug-likeness (QED) is 0.708. The van der Waals surface area contributed by atoms with E-state index in [1.54, 1.807) is 6.08 Å². The topological polar surface area (TPSA) is 66.9 Å². The van der Waals surface area contributed by atoms with Gasteiger partial charge >= 0.3 is 0 Å². The molecular formula is C11H11ClN2O. The van der Waals surface area contributed by atoms with Gasteiger partial charge in [-0.15, -0.1) is 18.8 Å². The molecule has 0 saturated heterocycles. The molecule has 0 fully saturated rings. The molecule has 0 heterocycles. The Morgan fingerprint density at radius 3 is 2.73 bits per heavy atom. The summed E-state index contributed by atoms with van der Waals surface area (Å²) in [6, 6.07) is 1.83. The summed E-state index contributed by atoms with van der Waals surface area (Å²) in [7, 11) is 0. The van der Waals surface area contributed by atoms with Crippen molar-refractivity contribution in [2.75, 3.05) is 6.54 Å². The van der Waals surface area contributed by atoms with E-state index >= 15 is 0 Å². The number of nitrogens with zero attached hydrogens (tertiary/aromatic N) is 1. The van der Waals surface area contributed by atoms with E-state index in [1.165, 1.54) is 12.2 Å². The molecule has 78 valence electrons. The highest BCUT2D eigenvalue weighted by molar-refractivity contribution is 6.08. The largest absolute Gasteiger partial charge is 0.330 e. The lowest BCUT2D eigenvalue weighted by Crippen LogP contribution is -2.22. The number of ketones is 1. The van der Waals surface area contributed by atoms with E-state index in [2.05, 4.69) is 5.92 Å². The molecular weight excluding hydrogens is 212 g/mol. The standard InChI is InChI=1S/C11H10N2O.ClH/c1-2-11(5-6-12)4-3-10(14)9(7-11)8-13;/h1,3-4,7H,5-6,12H2;1H. The number of rotatable bonds is 2. The molecule has 0 spiro atoms. The van der Waals surface area contributed by atoms with E-state index in [0.29, 0.717) is 13.0 Å². The van der Waals surface area contributed by atoms with E-state index in [1.807, 2.05) is 6.07 Å². The normalized spacial score (nSPS) is 23.4. The maximum Gasteiger partial charge on any atom is 0.195 e. The smallest absolute Gasteiger partial charge is 0.195 e. The zero-order chi connectivity index (χ0) is 10.6. The van der Waals surface area contributed by atoms with Crippen LogP contribution in [0.5, 0.6) is 0 Å². The van der Waals surface area contributed by atoms with Crippen LogP contribution >= 0.6 is 12.4 Å². The minimum Gasteiger partial charge on any atom is -0.330 e. The Balaban J connectivity index is 0.00000196. The number of nitrogens with two attached hydrogens (primary N) is 1. The van der Waals surface area contributed by atoms with E-state index < -0.39 is 5.41 Å². The Bertz CT molecular complexity index is 398. The summed E-state index contributed by atoms with van der Waals surface area (Å²) in [5.41, 5.74) is 4.85. The minimum absolute atomic E-state index is 0. The zero-order valence-electron chi connectivity index (χ0n) is 8.06. The van der Waals surface area contributed by atoms with Gasteiger partial charge in [0, 0.05) is 0 Å². The second kappa shape index (κ2) is 5.36. The fraction of sp³-hybridized carbons (Fsp3) is 0.273. The molecule has 4 heteroatoms. The van der Waals surface area contributed by atoms with Crippen molar-refractivity contribution >= 4 is 18.2 Å². The van der Waals surface area contributed by atoms with Crippen LogP contribution in [-0.2, 0) is 4.79 Å². The molecule has 0 aromatic heterocycles. The fourth-order valence-corrected chi connectivity index (χ4v) is 1.33. The van der Waals surface area contributed by atoms with Crippen molar-refractivity contribution in [1.29, 1.82) is 5.26 Å². The maximum absolute atomic E-state index is 11.2. The Hall–Kier alpha value is -1.55. The van der Waals surface area contributed by atoms with Gasteiger partial charge in [-0.3, -0.25) is 4.79 Å². The number of carbonyl (C=O) groups excluding carboxylic acids is 1. The monoisotopic (exact) mass is 222 g/mol. The van der Waals surface area contributed by atoms with Crippen molar-refractivity contribution in [3.8, 4) is 18.4 Å². The van der Waals surface area contributed by atoms with E-state index in [9.17, 15) is 4.79 Å². The maximum atomic E-state index is 11.2. The molecule has 1 rings (SSSR count). The summed E-state index contributed by atoms with van der Waals surface area (Å²) in [5, 5.41) is 8.68. The average Bonchev–Trinajstić information content (AvgIpc) is 2.22. The van der Waals surface area contributed by atoms with Gasteiger partial charge in [0.1, 0.15) is 6.07 Å². The van der Waals surface area contributed by atoms with Gasteiger partial charge in [0.2, 0.25) is 0 Å². The SMILES string of the molecule is C#CC1(CCN)C=CC(=O)C(C#N)=C1.Cl. The van der Waals surface area contributed by atoms with Gasteiger partial charge in [0.15, 0.2) is 5.78 Å². The Morgan fingerprint density at radius 1 is 1.60 bits per heavy atom. The molecule has 0 saturated carbocycles. The van der Waals surface area contributed by atoms with Crippen LogP contribution in [-0.4, -0.2) is 12.3 Å². The third kappa shape index (κ3) is 2.70. The lowest BCUT2D eigenvalue weighted by Gasteiger charge is -2.22. The molecule has 1 aliphatic rings. The molecule has 0 aromatic carbocycles. The van der Waals surface area contributed by atoms with Gasteiger partial charge < -0.3 is 5.73 Å². The summed E-state index contributed by atoms with van der Waals surface area (Å²) in [6.07, 6.45) is 10.4. The highest BCUT2D eigenvalue weighted by Crippen LogP contribution is 2.29. The molecule has 1 aliphatic carbocycles. The number of allylic oxidation sites excluding steroid dienone is 4. The average molecular weight is 223 g/mol. The summed E-state index contributed by atoms with van der Waals surface area (Å²) in [5.74, 6) is 2.26. The van der Waals surface area contributed by atoms with Crippen molar-refractivity contribution in [3.63, 3.8) is 0 Å². The molecule has 0 amide bonds. The Kier molecular flexibility index (Phi) is 4.81. The predicted molar refractivity (Wildman–Crippen MR) is 60.0 cm³/mol. The first-order valence-electron chi connectivity index (χ1n) is 4.22. The number of hydrogen-bond acceptors (Lipinski definition) is 3. The van der Waals surface area contributed by atoms with Crippen molar-refractivity contribution in [2.24, 2.45) is 11.1 Å². The second-order valence-corrected chi connectivity index (χ2v) is 3.09. The predicted octanol–water partition coefficient (Wildman–Crippen LogP) is 0.965. The number of hydrogen-bond donors (Lipinski definition) is 1. The molecule has 15 heavy (non-hydrogen) atoms. The van der Waals surface area contributed by atoms with Crippen molar-refractivity contribution in [1.82, 2.24) is 0 Å². The van der Waals surface area contributed by atoms with Gasteiger partial charge in [0.25, 0.3) is 0 Å². The molecule has 0 radical (unpaired) electrons. The number of terminal acetylenes is 1.